The molecule has 1 aliphatic carbocycles. The molecule has 0 N–H and O–H groups in total. The molecule has 0 atom stereocenters. The summed E-state index contributed by atoms with van der Waals surface area (Å²) in [6.07, 6.45) is 1.05. The van der Waals surface area contributed by atoms with Gasteiger partial charge in [0.1, 0.15) is 0 Å². The van der Waals surface area contributed by atoms with Crippen LogP contribution in [0.1, 0.15) is 36.1 Å². The van der Waals surface area contributed by atoms with Gasteiger partial charge >= 0.3 is 0 Å². The summed E-state index contributed by atoms with van der Waals surface area (Å²) in [5.74, 6) is 0. The minimum atomic E-state index is 0.0915. The molecule has 0 bridgehead atoms. The first kappa shape index (κ1) is 11.7. The van der Waals surface area contributed by atoms with Crippen LogP contribution in [0, 0.1) is 0 Å². The monoisotopic (exact) mass is 258 g/mol. The van der Waals surface area contributed by atoms with Crippen molar-refractivity contribution in [2.45, 2.75) is 25.7 Å². The van der Waals surface area contributed by atoms with Crippen molar-refractivity contribution in [1.82, 2.24) is 0 Å². The first-order valence-electron chi connectivity index (χ1n) is 7.27. The molecule has 1 aliphatic rings. The molecule has 4 rings (SSSR count). The van der Waals surface area contributed by atoms with Crippen molar-refractivity contribution in [3.63, 3.8) is 0 Å². The van der Waals surface area contributed by atoms with Crippen LogP contribution >= 0.6 is 0 Å². The Bertz CT molecular complexity index is 809. The quantitative estimate of drug-likeness (QED) is 0.528. The van der Waals surface area contributed by atoms with Crippen molar-refractivity contribution in [3.05, 3.63) is 82.9 Å². The maximum Gasteiger partial charge on any atom is 0.0152 e. The average Bonchev–Trinajstić information content (AvgIpc) is 2.47. The summed E-state index contributed by atoms with van der Waals surface area (Å²) in [6.45, 7) is 4.69. The zero-order valence-corrected chi connectivity index (χ0v) is 12.0. The first-order valence-corrected chi connectivity index (χ1v) is 7.27. The molecule has 0 nitrogen and oxygen atoms in total. The topological polar surface area (TPSA) is 0 Å². The van der Waals surface area contributed by atoms with Gasteiger partial charge in [-0.15, -0.1) is 0 Å². The Morgan fingerprint density at radius 1 is 0.750 bits per heavy atom. The van der Waals surface area contributed by atoms with Crippen LogP contribution in [-0.2, 0) is 11.8 Å². The van der Waals surface area contributed by atoms with E-state index in [0.29, 0.717) is 0 Å². The zero-order valence-electron chi connectivity index (χ0n) is 12.0. The van der Waals surface area contributed by atoms with E-state index < -0.39 is 0 Å². The Morgan fingerprint density at radius 3 is 2.40 bits per heavy atom. The third kappa shape index (κ3) is 1.48. The second-order valence-electron chi connectivity index (χ2n) is 6.27. The van der Waals surface area contributed by atoms with Crippen molar-refractivity contribution in [3.8, 4) is 0 Å². The zero-order chi connectivity index (χ0) is 13.7. The molecule has 0 aliphatic heterocycles. The molecule has 0 saturated heterocycles. The lowest BCUT2D eigenvalue weighted by Crippen LogP contribution is -2.27. The predicted molar refractivity (Wildman–Crippen MR) is 85.3 cm³/mol. The van der Waals surface area contributed by atoms with Crippen LogP contribution < -0.4 is 0 Å². The van der Waals surface area contributed by atoms with E-state index in [2.05, 4.69) is 74.5 Å². The van der Waals surface area contributed by atoms with Gasteiger partial charge in [-0.3, -0.25) is 0 Å². The molecule has 0 amide bonds. The molecule has 0 heteroatoms. The lowest BCUT2D eigenvalue weighted by molar-refractivity contribution is 0.612. The van der Waals surface area contributed by atoms with Gasteiger partial charge in [0.15, 0.2) is 0 Å². The highest BCUT2D eigenvalue weighted by Crippen LogP contribution is 2.43. The van der Waals surface area contributed by atoms with E-state index >= 15 is 0 Å². The molecule has 0 radical (unpaired) electrons. The van der Waals surface area contributed by atoms with Gasteiger partial charge in [-0.25, -0.2) is 0 Å². The van der Waals surface area contributed by atoms with Crippen molar-refractivity contribution >= 4 is 10.8 Å². The highest BCUT2D eigenvalue weighted by Gasteiger charge is 2.32. The number of hydrogen-bond acceptors (Lipinski definition) is 0. The highest BCUT2D eigenvalue weighted by molar-refractivity contribution is 5.88. The Hall–Kier alpha value is -2.08. The lowest BCUT2D eigenvalue weighted by Gasteiger charge is -2.35. The van der Waals surface area contributed by atoms with Crippen molar-refractivity contribution in [2.75, 3.05) is 0 Å². The molecule has 0 aromatic heterocycles. The van der Waals surface area contributed by atoms with E-state index in [0.717, 1.165) is 6.42 Å². The number of hydrogen-bond donors (Lipinski definition) is 0. The molecule has 3 aromatic rings. The summed E-state index contributed by atoms with van der Waals surface area (Å²) in [5.41, 5.74) is 6.03. The molecule has 0 spiro atoms. The largest absolute Gasteiger partial charge is 0.0620 e. The Kier molecular flexibility index (Phi) is 2.32. The minimum absolute atomic E-state index is 0.0915. The standard InChI is InChI=1S/C20H18/c1-20(2)18-10-6-4-8-15(18)13-17-16-9-5-3-7-14(16)11-12-19(17)20/h3-12H,13H2,1-2H3. The molecule has 98 valence electrons. The van der Waals surface area contributed by atoms with E-state index in [1.165, 1.54) is 33.0 Å². The van der Waals surface area contributed by atoms with Gasteiger partial charge in [0.25, 0.3) is 0 Å². The number of benzene rings is 3. The molecule has 0 saturated carbocycles. The summed E-state index contributed by atoms with van der Waals surface area (Å²) >= 11 is 0. The van der Waals surface area contributed by atoms with Crippen LogP contribution in [0.15, 0.2) is 60.7 Å². The van der Waals surface area contributed by atoms with Crippen LogP contribution in [0.25, 0.3) is 10.8 Å². The van der Waals surface area contributed by atoms with E-state index in [1.54, 1.807) is 0 Å². The van der Waals surface area contributed by atoms with Crippen LogP contribution in [0.4, 0.5) is 0 Å². The fourth-order valence-electron chi connectivity index (χ4n) is 3.73. The Morgan fingerprint density at radius 2 is 1.50 bits per heavy atom. The molecular weight excluding hydrogens is 240 g/mol. The molecular formula is C20H18. The maximum absolute atomic E-state index is 2.35. The van der Waals surface area contributed by atoms with E-state index in [-0.39, 0.29) is 5.41 Å². The second kappa shape index (κ2) is 3.96. The van der Waals surface area contributed by atoms with Crippen molar-refractivity contribution in [1.29, 1.82) is 0 Å². The normalized spacial score (nSPS) is 15.7. The van der Waals surface area contributed by atoms with E-state index in [9.17, 15) is 0 Å². The van der Waals surface area contributed by atoms with Gasteiger partial charge in [0, 0.05) is 5.41 Å². The summed E-state index contributed by atoms with van der Waals surface area (Å²) in [6, 6.07) is 22.2. The van der Waals surface area contributed by atoms with Crippen molar-refractivity contribution in [2.24, 2.45) is 0 Å². The van der Waals surface area contributed by atoms with Gasteiger partial charge in [-0.1, -0.05) is 74.5 Å². The molecule has 0 unspecified atom stereocenters. The van der Waals surface area contributed by atoms with Gasteiger partial charge < -0.3 is 0 Å². The van der Waals surface area contributed by atoms with Gasteiger partial charge in [-0.2, -0.15) is 0 Å². The van der Waals surface area contributed by atoms with Gasteiger partial charge in [0.05, 0.1) is 0 Å². The third-order valence-electron chi connectivity index (χ3n) is 4.77. The van der Waals surface area contributed by atoms with Crippen LogP contribution in [-0.4, -0.2) is 0 Å². The van der Waals surface area contributed by atoms with Crippen LogP contribution in [0.2, 0.25) is 0 Å². The average molecular weight is 258 g/mol. The van der Waals surface area contributed by atoms with Crippen molar-refractivity contribution < 1.29 is 0 Å². The Labute approximate surface area is 120 Å². The Balaban J connectivity index is 2.08. The first-order chi connectivity index (χ1) is 9.68. The lowest BCUT2D eigenvalue weighted by atomic mass is 9.68. The van der Waals surface area contributed by atoms with Gasteiger partial charge in [-0.05, 0) is 39.4 Å². The number of fused-ring (bicyclic) bond motifs is 4. The second-order valence-corrected chi connectivity index (χ2v) is 6.27. The highest BCUT2D eigenvalue weighted by atomic mass is 14.4. The van der Waals surface area contributed by atoms with Crippen LogP contribution in [0.5, 0.6) is 0 Å². The van der Waals surface area contributed by atoms with E-state index in [1.807, 2.05) is 0 Å². The third-order valence-corrected chi connectivity index (χ3v) is 4.77. The summed E-state index contributed by atoms with van der Waals surface area (Å²) < 4.78 is 0. The summed E-state index contributed by atoms with van der Waals surface area (Å²) in [7, 11) is 0. The smallest absolute Gasteiger partial charge is 0.0152 e. The molecule has 20 heavy (non-hydrogen) atoms. The fourth-order valence-corrected chi connectivity index (χ4v) is 3.73. The fraction of sp³-hybridized carbons (Fsp3) is 0.200. The maximum atomic E-state index is 2.35. The molecule has 3 aromatic carbocycles. The summed E-state index contributed by atoms with van der Waals surface area (Å²) in [4.78, 5) is 0. The minimum Gasteiger partial charge on any atom is -0.0620 e. The molecule has 0 fully saturated rings. The van der Waals surface area contributed by atoms with Gasteiger partial charge in [0.2, 0.25) is 0 Å². The molecule has 0 heterocycles. The SMILES string of the molecule is CC1(C)c2ccccc2Cc2c1ccc1ccccc21. The van der Waals surface area contributed by atoms with Crippen LogP contribution in [0.3, 0.4) is 0 Å². The predicted octanol–water partition coefficient (Wildman–Crippen LogP) is 5.07. The number of rotatable bonds is 0. The van der Waals surface area contributed by atoms with E-state index in [4.69, 9.17) is 0 Å². The summed E-state index contributed by atoms with van der Waals surface area (Å²) in [5, 5.41) is 2.76.